The summed E-state index contributed by atoms with van der Waals surface area (Å²) in [5, 5.41) is 6.28. The monoisotopic (exact) mass is 319 g/mol. The van der Waals surface area contributed by atoms with Crippen LogP contribution in [0.5, 0.6) is 0 Å². The molecule has 118 valence electrons. The summed E-state index contributed by atoms with van der Waals surface area (Å²) in [5.41, 5.74) is 0.448. The van der Waals surface area contributed by atoms with Crippen LogP contribution >= 0.6 is 11.3 Å². The van der Waals surface area contributed by atoms with Crippen LogP contribution in [0.2, 0.25) is 0 Å². The number of hydrogen-bond donors (Lipinski definition) is 0. The van der Waals surface area contributed by atoms with Gasteiger partial charge >= 0.3 is 0 Å². The fraction of sp³-hybridized carbons (Fsp3) is 0.438. The van der Waals surface area contributed by atoms with Gasteiger partial charge in [0.15, 0.2) is 0 Å². The molecule has 2 aromatic rings. The molecule has 0 radical (unpaired) electrons. The van der Waals surface area contributed by atoms with E-state index < -0.39 is 0 Å². The molecule has 0 N–H and O–H groups in total. The number of amides is 1. The van der Waals surface area contributed by atoms with Gasteiger partial charge in [0.1, 0.15) is 12.2 Å². The normalized spacial score (nSPS) is 11.2. The molecule has 1 amide bonds. The van der Waals surface area contributed by atoms with Gasteiger partial charge in [-0.1, -0.05) is 6.07 Å². The second-order valence-corrected chi connectivity index (χ2v) is 6.63. The standard InChI is InChI=1S/C16H21N3O2S/c1-11(2)19(12(3)4)16(21)10-18-15(20)8-7-13(17-18)14-6-5-9-22-14/h5-9,11-12H,10H2,1-4H3. The molecule has 0 bridgehead atoms. The van der Waals surface area contributed by atoms with Crippen LogP contribution in [-0.2, 0) is 11.3 Å². The van der Waals surface area contributed by atoms with Gasteiger partial charge < -0.3 is 4.90 Å². The summed E-state index contributed by atoms with van der Waals surface area (Å²) in [6.07, 6.45) is 0. The summed E-state index contributed by atoms with van der Waals surface area (Å²) in [6, 6.07) is 7.20. The minimum Gasteiger partial charge on any atom is -0.336 e. The third-order valence-electron chi connectivity index (χ3n) is 3.33. The van der Waals surface area contributed by atoms with Crippen LogP contribution < -0.4 is 5.56 Å². The molecule has 0 saturated carbocycles. The van der Waals surface area contributed by atoms with E-state index in [9.17, 15) is 9.59 Å². The highest BCUT2D eigenvalue weighted by Gasteiger charge is 2.21. The summed E-state index contributed by atoms with van der Waals surface area (Å²) < 4.78 is 1.25. The van der Waals surface area contributed by atoms with E-state index in [0.29, 0.717) is 5.69 Å². The lowest BCUT2D eigenvalue weighted by Crippen LogP contribution is -2.45. The number of carbonyl (C=O) groups excluding carboxylic acids is 1. The zero-order chi connectivity index (χ0) is 16.3. The topological polar surface area (TPSA) is 55.2 Å². The molecular formula is C16H21N3O2S. The molecule has 6 heteroatoms. The Bertz CT molecular complexity index is 682. The largest absolute Gasteiger partial charge is 0.336 e. The first-order valence-electron chi connectivity index (χ1n) is 7.33. The number of aromatic nitrogens is 2. The minimum atomic E-state index is -0.263. The molecule has 0 aliphatic carbocycles. The van der Waals surface area contributed by atoms with Gasteiger partial charge in [0.25, 0.3) is 5.56 Å². The highest BCUT2D eigenvalue weighted by atomic mass is 32.1. The lowest BCUT2D eigenvalue weighted by molar-refractivity contribution is -0.135. The van der Waals surface area contributed by atoms with E-state index in [1.54, 1.807) is 22.3 Å². The highest BCUT2D eigenvalue weighted by molar-refractivity contribution is 7.13. The Hall–Kier alpha value is -1.95. The van der Waals surface area contributed by atoms with Gasteiger partial charge in [-0.3, -0.25) is 9.59 Å². The SMILES string of the molecule is CC(C)N(C(=O)Cn1nc(-c2cccs2)ccc1=O)C(C)C. The summed E-state index contributed by atoms with van der Waals surface area (Å²) >= 11 is 1.55. The molecule has 2 rings (SSSR count). The van der Waals surface area contributed by atoms with E-state index in [1.807, 2.05) is 45.2 Å². The van der Waals surface area contributed by atoms with Crippen molar-refractivity contribution < 1.29 is 4.79 Å². The molecule has 2 aromatic heterocycles. The average molecular weight is 319 g/mol. The molecule has 0 fully saturated rings. The van der Waals surface area contributed by atoms with Crippen molar-refractivity contribution in [2.75, 3.05) is 0 Å². The first-order valence-corrected chi connectivity index (χ1v) is 8.21. The van der Waals surface area contributed by atoms with Crippen molar-refractivity contribution in [1.29, 1.82) is 0 Å². The molecule has 0 aliphatic rings. The number of rotatable bonds is 5. The van der Waals surface area contributed by atoms with Crippen molar-refractivity contribution in [2.45, 2.75) is 46.3 Å². The zero-order valence-corrected chi connectivity index (χ0v) is 14.1. The molecule has 0 saturated heterocycles. The van der Waals surface area contributed by atoms with Gasteiger partial charge in [-0.25, -0.2) is 4.68 Å². The maximum atomic E-state index is 12.5. The van der Waals surface area contributed by atoms with E-state index in [4.69, 9.17) is 0 Å². The predicted octanol–water partition coefficient (Wildman–Crippen LogP) is 2.62. The summed E-state index contributed by atoms with van der Waals surface area (Å²) in [7, 11) is 0. The van der Waals surface area contributed by atoms with Gasteiger partial charge in [-0.15, -0.1) is 11.3 Å². The summed E-state index contributed by atoms with van der Waals surface area (Å²) in [6.45, 7) is 7.84. The molecule has 22 heavy (non-hydrogen) atoms. The Morgan fingerprint density at radius 2 is 1.91 bits per heavy atom. The Morgan fingerprint density at radius 3 is 2.45 bits per heavy atom. The van der Waals surface area contributed by atoms with E-state index in [-0.39, 0.29) is 30.1 Å². The van der Waals surface area contributed by atoms with Crippen molar-refractivity contribution in [3.63, 3.8) is 0 Å². The van der Waals surface area contributed by atoms with Crippen LogP contribution in [0.3, 0.4) is 0 Å². The van der Waals surface area contributed by atoms with Crippen molar-refractivity contribution in [2.24, 2.45) is 0 Å². The Kier molecular flexibility index (Phi) is 5.13. The fourth-order valence-electron chi connectivity index (χ4n) is 2.50. The third-order valence-corrected chi connectivity index (χ3v) is 4.22. The molecule has 2 heterocycles. The third kappa shape index (κ3) is 3.62. The van der Waals surface area contributed by atoms with Crippen molar-refractivity contribution in [3.05, 3.63) is 40.0 Å². The Labute approximate surface area is 134 Å². The summed E-state index contributed by atoms with van der Waals surface area (Å²) in [5.74, 6) is -0.0945. The van der Waals surface area contributed by atoms with Gasteiger partial charge in [-0.05, 0) is 45.2 Å². The van der Waals surface area contributed by atoms with Crippen LogP contribution in [0.4, 0.5) is 0 Å². The van der Waals surface area contributed by atoms with E-state index in [1.165, 1.54) is 10.7 Å². The lowest BCUT2D eigenvalue weighted by Gasteiger charge is -2.30. The van der Waals surface area contributed by atoms with Crippen LogP contribution in [-0.4, -0.2) is 32.7 Å². The van der Waals surface area contributed by atoms with E-state index in [0.717, 1.165) is 4.88 Å². The number of thiophene rings is 1. The highest BCUT2D eigenvalue weighted by Crippen LogP contribution is 2.21. The van der Waals surface area contributed by atoms with Crippen LogP contribution in [0.25, 0.3) is 10.6 Å². The maximum Gasteiger partial charge on any atom is 0.267 e. The van der Waals surface area contributed by atoms with Crippen molar-refractivity contribution >= 4 is 17.2 Å². The van der Waals surface area contributed by atoms with Crippen LogP contribution in [0.15, 0.2) is 34.4 Å². The molecular weight excluding hydrogens is 298 g/mol. The van der Waals surface area contributed by atoms with Crippen molar-refractivity contribution in [3.8, 4) is 10.6 Å². The van der Waals surface area contributed by atoms with Gasteiger partial charge in [0.05, 0.1) is 4.88 Å². The van der Waals surface area contributed by atoms with E-state index in [2.05, 4.69) is 5.10 Å². The molecule has 0 aromatic carbocycles. The fourth-order valence-corrected chi connectivity index (χ4v) is 3.19. The maximum absolute atomic E-state index is 12.5. The quantitative estimate of drug-likeness (QED) is 0.851. The van der Waals surface area contributed by atoms with Gasteiger partial charge in [-0.2, -0.15) is 5.10 Å². The Balaban J connectivity index is 2.27. The second kappa shape index (κ2) is 6.87. The smallest absolute Gasteiger partial charge is 0.267 e. The molecule has 0 unspecified atom stereocenters. The molecule has 0 spiro atoms. The van der Waals surface area contributed by atoms with Crippen LogP contribution in [0, 0.1) is 0 Å². The van der Waals surface area contributed by atoms with Gasteiger partial charge in [0.2, 0.25) is 5.91 Å². The first kappa shape index (κ1) is 16.4. The minimum absolute atomic E-state index is 0.0333. The first-order chi connectivity index (χ1) is 10.4. The van der Waals surface area contributed by atoms with E-state index >= 15 is 0 Å². The number of nitrogens with zero attached hydrogens (tertiary/aromatic N) is 3. The second-order valence-electron chi connectivity index (χ2n) is 5.68. The molecule has 0 aliphatic heterocycles. The lowest BCUT2D eigenvalue weighted by atomic mass is 10.2. The predicted molar refractivity (Wildman–Crippen MR) is 88.9 cm³/mol. The summed E-state index contributed by atoms with van der Waals surface area (Å²) in [4.78, 5) is 27.2. The zero-order valence-electron chi connectivity index (χ0n) is 13.3. The number of hydrogen-bond acceptors (Lipinski definition) is 4. The molecule has 0 atom stereocenters. The number of carbonyl (C=O) groups is 1. The average Bonchev–Trinajstić information content (AvgIpc) is 2.94. The van der Waals surface area contributed by atoms with Gasteiger partial charge in [0, 0.05) is 18.2 Å². The Morgan fingerprint density at radius 1 is 1.23 bits per heavy atom. The van der Waals surface area contributed by atoms with Crippen molar-refractivity contribution in [1.82, 2.24) is 14.7 Å². The molecule has 5 nitrogen and oxygen atoms in total. The van der Waals surface area contributed by atoms with Crippen LogP contribution in [0.1, 0.15) is 27.7 Å².